The molecule has 1 aliphatic rings. The molecule has 1 heterocycles. The first-order chi connectivity index (χ1) is 14.0. The highest BCUT2D eigenvalue weighted by molar-refractivity contribution is 5.99. The van der Waals surface area contributed by atoms with Crippen LogP contribution >= 0.6 is 0 Å². The first-order valence-corrected chi connectivity index (χ1v) is 10.0. The third kappa shape index (κ3) is 4.95. The molecule has 0 saturated carbocycles. The Bertz CT molecular complexity index is 866. The summed E-state index contributed by atoms with van der Waals surface area (Å²) in [6.07, 6.45) is 0.482. The minimum absolute atomic E-state index is 0.0139. The smallest absolute Gasteiger partial charge is 0.256 e. The number of methoxy groups -OCH3 is 1. The average molecular weight is 396 g/mol. The molecule has 0 spiro atoms. The van der Waals surface area contributed by atoms with Gasteiger partial charge in [0.05, 0.1) is 0 Å². The zero-order chi connectivity index (χ0) is 20.8. The molecule has 2 aromatic rings. The standard InChI is InChI=1S/C23H29N3O3/c1-16(2)15-24-22(27)17-8-6-9-18(14-17)25-21-19-10-4-5-11-20(19)23(28)26(21)12-7-13-29-3/h4-6,8-11,14,16,21,25H,7,12-13,15H2,1-3H3,(H,24,27)/t21-/m0/s1. The zero-order valence-corrected chi connectivity index (χ0v) is 17.3. The van der Waals surface area contributed by atoms with Crippen molar-refractivity contribution in [3.05, 3.63) is 65.2 Å². The lowest BCUT2D eigenvalue weighted by Gasteiger charge is -2.27. The predicted molar refractivity (Wildman–Crippen MR) is 114 cm³/mol. The van der Waals surface area contributed by atoms with Crippen molar-refractivity contribution in [2.45, 2.75) is 26.4 Å². The third-order valence-corrected chi connectivity index (χ3v) is 4.90. The molecule has 29 heavy (non-hydrogen) atoms. The van der Waals surface area contributed by atoms with E-state index in [0.29, 0.717) is 36.7 Å². The molecule has 0 aromatic heterocycles. The maximum absolute atomic E-state index is 12.9. The highest BCUT2D eigenvalue weighted by Gasteiger charge is 2.36. The van der Waals surface area contributed by atoms with Crippen LogP contribution in [0.1, 0.15) is 52.7 Å². The summed E-state index contributed by atoms with van der Waals surface area (Å²) in [6.45, 7) is 5.94. The molecular formula is C23H29N3O3. The number of carbonyl (C=O) groups excluding carboxylic acids is 2. The summed E-state index contributed by atoms with van der Waals surface area (Å²) in [7, 11) is 1.66. The molecule has 1 aliphatic heterocycles. The van der Waals surface area contributed by atoms with Gasteiger partial charge in [-0.05, 0) is 36.6 Å². The van der Waals surface area contributed by atoms with Gasteiger partial charge >= 0.3 is 0 Å². The molecule has 0 aliphatic carbocycles. The first-order valence-electron chi connectivity index (χ1n) is 10.0. The van der Waals surface area contributed by atoms with Gasteiger partial charge in [0.2, 0.25) is 0 Å². The van der Waals surface area contributed by atoms with Crippen molar-refractivity contribution in [2.75, 3.05) is 32.1 Å². The molecular weight excluding hydrogens is 366 g/mol. The molecule has 6 nitrogen and oxygen atoms in total. The van der Waals surface area contributed by atoms with Crippen molar-refractivity contribution < 1.29 is 14.3 Å². The summed E-state index contributed by atoms with van der Waals surface area (Å²) in [5.74, 6) is 0.309. The van der Waals surface area contributed by atoms with Gasteiger partial charge in [0.15, 0.2) is 0 Å². The highest BCUT2D eigenvalue weighted by atomic mass is 16.5. The third-order valence-electron chi connectivity index (χ3n) is 4.90. The van der Waals surface area contributed by atoms with Crippen molar-refractivity contribution in [1.29, 1.82) is 0 Å². The van der Waals surface area contributed by atoms with Gasteiger partial charge in [0, 0.05) is 49.2 Å². The number of ether oxygens (including phenoxy) is 1. The molecule has 2 amide bonds. The van der Waals surface area contributed by atoms with Crippen LogP contribution in [0.25, 0.3) is 0 Å². The van der Waals surface area contributed by atoms with Gasteiger partial charge in [0.1, 0.15) is 6.17 Å². The number of fused-ring (bicyclic) bond motifs is 1. The van der Waals surface area contributed by atoms with Gasteiger partial charge in [0.25, 0.3) is 11.8 Å². The van der Waals surface area contributed by atoms with E-state index < -0.39 is 0 Å². The Hall–Kier alpha value is -2.86. The molecule has 0 radical (unpaired) electrons. The fourth-order valence-electron chi connectivity index (χ4n) is 3.44. The second-order valence-corrected chi connectivity index (χ2v) is 7.66. The summed E-state index contributed by atoms with van der Waals surface area (Å²) in [4.78, 5) is 27.1. The molecule has 6 heteroatoms. The summed E-state index contributed by atoms with van der Waals surface area (Å²) in [6, 6.07) is 15.0. The molecule has 2 N–H and O–H groups in total. The number of carbonyl (C=O) groups is 2. The van der Waals surface area contributed by atoms with Crippen LogP contribution in [0.2, 0.25) is 0 Å². The monoisotopic (exact) mass is 395 g/mol. The quantitative estimate of drug-likeness (QED) is 0.636. The Balaban J connectivity index is 1.80. The van der Waals surface area contributed by atoms with Crippen molar-refractivity contribution in [2.24, 2.45) is 5.92 Å². The Morgan fingerprint density at radius 3 is 2.72 bits per heavy atom. The minimum atomic E-state index is -0.274. The minimum Gasteiger partial charge on any atom is -0.385 e. The van der Waals surface area contributed by atoms with E-state index in [1.807, 2.05) is 47.4 Å². The van der Waals surface area contributed by atoms with E-state index in [9.17, 15) is 9.59 Å². The zero-order valence-electron chi connectivity index (χ0n) is 17.3. The SMILES string of the molecule is COCCCN1C(=O)c2ccccc2[C@H]1Nc1cccc(C(=O)NCC(C)C)c1. The van der Waals surface area contributed by atoms with Crippen LogP contribution in [-0.2, 0) is 4.74 Å². The number of benzene rings is 2. The number of nitrogens with one attached hydrogen (secondary N) is 2. The number of nitrogens with zero attached hydrogens (tertiary/aromatic N) is 1. The lowest BCUT2D eigenvalue weighted by atomic mass is 10.1. The van der Waals surface area contributed by atoms with Gasteiger partial charge < -0.3 is 20.3 Å². The van der Waals surface area contributed by atoms with E-state index in [-0.39, 0.29) is 18.0 Å². The van der Waals surface area contributed by atoms with E-state index in [2.05, 4.69) is 24.5 Å². The fraction of sp³-hybridized carbons (Fsp3) is 0.391. The van der Waals surface area contributed by atoms with Gasteiger partial charge in [-0.1, -0.05) is 38.1 Å². The molecule has 0 fully saturated rings. The van der Waals surface area contributed by atoms with E-state index in [4.69, 9.17) is 4.74 Å². The van der Waals surface area contributed by atoms with Gasteiger partial charge in [-0.3, -0.25) is 9.59 Å². The molecule has 154 valence electrons. The van der Waals surface area contributed by atoms with Crippen molar-refractivity contribution in [1.82, 2.24) is 10.2 Å². The van der Waals surface area contributed by atoms with E-state index >= 15 is 0 Å². The van der Waals surface area contributed by atoms with Gasteiger partial charge in [-0.2, -0.15) is 0 Å². The number of hydrogen-bond acceptors (Lipinski definition) is 4. The number of rotatable bonds is 9. The first kappa shape index (κ1) is 20.9. The van der Waals surface area contributed by atoms with Gasteiger partial charge in [-0.25, -0.2) is 0 Å². The number of anilines is 1. The second kappa shape index (κ2) is 9.56. The Morgan fingerprint density at radius 2 is 1.97 bits per heavy atom. The highest BCUT2D eigenvalue weighted by Crippen LogP contribution is 2.34. The molecule has 2 aromatic carbocycles. The van der Waals surface area contributed by atoms with Crippen molar-refractivity contribution in [3.8, 4) is 0 Å². The number of hydrogen-bond donors (Lipinski definition) is 2. The van der Waals surface area contributed by atoms with Crippen LogP contribution in [0.4, 0.5) is 5.69 Å². The van der Waals surface area contributed by atoms with Gasteiger partial charge in [-0.15, -0.1) is 0 Å². The predicted octanol–water partition coefficient (Wildman–Crippen LogP) is 3.68. The van der Waals surface area contributed by atoms with E-state index in [1.165, 1.54) is 0 Å². The lowest BCUT2D eigenvalue weighted by Crippen LogP contribution is -2.33. The number of amides is 2. The van der Waals surface area contributed by atoms with Crippen LogP contribution < -0.4 is 10.6 Å². The molecule has 0 saturated heterocycles. The van der Waals surface area contributed by atoms with E-state index in [0.717, 1.165) is 17.7 Å². The summed E-state index contributed by atoms with van der Waals surface area (Å²) < 4.78 is 5.15. The summed E-state index contributed by atoms with van der Waals surface area (Å²) in [5.41, 5.74) is 3.06. The van der Waals surface area contributed by atoms with Crippen molar-refractivity contribution in [3.63, 3.8) is 0 Å². The summed E-state index contributed by atoms with van der Waals surface area (Å²) >= 11 is 0. The van der Waals surface area contributed by atoms with Crippen LogP contribution in [0, 0.1) is 5.92 Å². The Morgan fingerprint density at radius 1 is 1.17 bits per heavy atom. The average Bonchev–Trinajstić information content (AvgIpc) is 2.98. The van der Waals surface area contributed by atoms with Crippen LogP contribution in [0.5, 0.6) is 0 Å². The normalized spacial score (nSPS) is 15.5. The lowest BCUT2D eigenvalue weighted by molar-refractivity contribution is 0.0721. The largest absolute Gasteiger partial charge is 0.385 e. The maximum Gasteiger partial charge on any atom is 0.256 e. The summed E-state index contributed by atoms with van der Waals surface area (Å²) in [5, 5.41) is 6.39. The van der Waals surface area contributed by atoms with Crippen molar-refractivity contribution >= 4 is 17.5 Å². The Labute approximate surface area is 172 Å². The van der Waals surface area contributed by atoms with Crippen LogP contribution in [0.3, 0.4) is 0 Å². The molecule has 1 atom stereocenters. The van der Waals surface area contributed by atoms with E-state index in [1.54, 1.807) is 13.2 Å². The Kier molecular flexibility index (Phi) is 6.88. The second-order valence-electron chi connectivity index (χ2n) is 7.66. The topological polar surface area (TPSA) is 70.7 Å². The maximum atomic E-state index is 12.9. The van der Waals surface area contributed by atoms with Crippen LogP contribution in [0.15, 0.2) is 48.5 Å². The molecule has 0 unspecified atom stereocenters. The fourth-order valence-corrected chi connectivity index (χ4v) is 3.44. The van der Waals surface area contributed by atoms with Crippen LogP contribution in [-0.4, -0.2) is 43.5 Å². The molecule has 3 rings (SSSR count). The molecule has 0 bridgehead atoms.